The Balaban J connectivity index is 0.000000207. The summed E-state index contributed by atoms with van der Waals surface area (Å²) in [7, 11) is 0. The van der Waals surface area contributed by atoms with Crippen molar-refractivity contribution in [3.8, 4) is 0 Å². The Kier molecular flexibility index (Phi) is 45.3. The van der Waals surface area contributed by atoms with Crippen LogP contribution >= 0.6 is 34.8 Å². The van der Waals surface area contributed by atoms with Crippen molar-refractivity contribution in [2.24, 2.45) is 88.3 Å². The van der Waals surface area contributed by atoms with Crippen molar-refractivity contribution in [3.05, 3.63) is 224 Å². The zero-order valence-corrected chi connectivity index (χ0v) is 72.1. The Morgan fingerprint density at radius 2 is 0.717 bits per heavy atom. The van der Waals surface area contributed by atoms with Crippen molar-refractivity contribution in [1.82, 2.24) is 19.9 Å². The van der Waals surface area contributed by atoms with Crippen molar-refractivity contribution >= 4 is 34.8 Å². The minimum absolute atomic E-state index is 0.613. The molecule has 7 heteroatoms. The molecule has 3 aromatic carbocycles. The largest absolute Gasteiger partial charge is 0.265 e. The molecule has 0 N–H and O–H groups in total. The van der Waals surface area contributed by atoms with Gasteiger partial charge in [0.25, 0.3) is 0 Å². The summed E-state index contributed by atoms with van der Waals surface area (Å²) < 4.78 is 0. The molecule has 7 aromatic rings. The molecule has 0 spiro atoms. The molecule has 4 nitrogen and oxygen atoms in total. The Labute approximate surface area is 666 Å². The second-order valence-corrected chi connectivity index (χ2v) is 36.6. The Morgan fingerprint density at radius 1 is 0.311 bits per heavy atom. The van der Waals surface area contributed by atoms with Crippen LogP contribution in [0.5, 0.6) is 0 Å². The molecule has 8 bridgehead atoms. The molecule has 4 heterocycles. The average molecular weight is 1500 g/mol. The second kappa shape index (κ2) is 52.3. The molecular formula is C99H149Cl3N4. The van der Waals surface area contributed by atoms with Crippen LogP contribution in [-0.2, 0) is 0 Å². The summed E-state index contributed by atoms with van der Waals surface area (Å²) in [5.41, 5.74) is 10.3. The third-order valence-corrected chi connectivity index (χ3v) is 25.5. The maximum Gasteiger partial charge on any atom is 0.0594 e. The summed E-state index contributed by atoms with van der Waals surface area (Å²) in [6, 6.07) is 41.4. The van der Waals surface area contributed by atoms with E-state index < -0.39 is 0 Å². The van der Waals surface area contributed by atoms with Crippen LogP contribution in [0.4, 0.5) is 0 Å². The smallest absolute Gasteiger partial charge is 0.0594 e. The lowest BCUT2D eigenvalue weighted by atomic mass is 9.50. The third kappa shape index (κ3) is 40.7. The van der Waals surface area contributed by atoms with Crippen molar-refractivity contribution in [2.75, 3.05) is 0 Å². The van der Waals surface area contributed by atoms with Crippen LogP contribution < -0.4 is 0 Å². The lowest BCUT2D eigenvalue weighted by Gasteiger charge is -2.55. The van der Waals surface area contributed by atoms with Gasteiger partial charge in [0.1, 0.15) is 0 Å². The number of benzene rings is 3. The number of hydrogen-bond donors (Lipinski definition) is 0. The Morgan fingerprint density at radius 3 is 1.05 bits per heavy atom. The first-order valence-corrected chi connectivity index (χ1v) is 43.6. The highest BCUT2D eigenvalue weighted by Crippen LogP contribution is 2.60. The van der Waals surface area contributed by atoms with E-state index in [1.807, 2.05) is 164 Å². The van der Waals surface area contributed by atoms with Crippen LogP contribution in [0.3, 0.4) is 0 Å². The van der Waals surface area contributed by atoms with E-state index in [0.29, 0.717) is 10.0 Å². The van der Waals surface area contributed by atoms with Crippen molar-refractivity contribution < 1.29 is 0 Å². The van der Waals surface area contributed by atoms with E-state index in [-0.39, 0.29) is 0 Å². The fraction of sp³-hybridized carbons (Fsp3) is 0.616. The molecule has 0 radical (unpaired) electrons. The summed E-state index contributed by atoms with van der Waals surface area (Å²) >= 11 is 16.9. The van der Waals surface area contributed by atoms with Crippen LogP contribution in [0.2, 0.25) is 15.1 Å². The van der Waals surface area contributed by atoms with E-state index in [2.05, 4.69) is 100 Å². The molecular weight excluding hydrogens is 1350 g/mol. The van der Waals surface area contributed by atoms with E-state index in [1.165, 1.54) is 150 Å². The van der Waals surface area contributed by atoms with Gasteiger partial charge >= 0.3 is 0 Å². The average Bonchev–Trinajstić information content (AvgIpc) is 0.774. The van der Waals surface area contributed by atoms with E-state index in [1.54, 1.807) is 101 Å². The molecule has 2 unspecified atom stereocenters. The molecule has 0 saturated heterocycles. The summed E-state index contributed by atoms with van der Waals surface area (Å²) in [5.74, 6) is 15.2. The third-order valence-electron chi connectivity index (χ3n) is 24.5. The van der Waals surface area contributed by atoms with Crippen molar-refractivity contribution in [3.63, 3.8) is 0 Å². The summed E-state index contributed by atoms with van der Waals surface area (Å²) in [5, 5.41) is 2.04. The van der Waals surface area contributed by atoms with Gasteiger partial charge in [0, 0.05) is 53.6 Å². The highest BCUT2D eigenvalue weighted by atomic mass is 35.5. The molecule has 4 aromatic heterocycles. The summed E-state index contributed by atoms with van der Waals surface area (Å²) in [6.45, 7) is 35.4. The van der Waals surface area contributed by atoms with Crippen molar-refractivity contribution in [2.45, 2.75) is 303 Å². The molecule has 12 aliphatic rings. The maximum absolute atomic E-state index is 5.68. The van der Waals surface area contributed by atoms with Gasteiger partial charge < -0.3 is 0 Å². The molecule has 19 rings (SSSR count). The molecule has 0 aliphatic heterocycles. The van der Waals surface area contributed by atoms with Crippen LogP contribution in [0.25, 0.3) is 0 Å². The monoisotopic (exact) mass is 1500 g/mol. The SMILES string of the molecule is CC12CC3CC(CC(C3)C1)C2.CC1C2CC3CC(C2)CC1C3.CC1CCC(C)CC1.CC1CCCCC1.CC1CCCCC1C.CC1CCCCCC1.Cc1ccc(C)nc1.Cc1ccc(Cl)c(Cl)c1.Cc1ccc(Cl)cc1.Cc1ccccc1.Cc1ccccn1.Cc1cccnc1.Cc1ccncc1. The van der Waals surface area contributed by atoms with Gasteiger partial charge in [-0.1, -0.05) is 290 Å². The number of aromatic nitrogens is 4. The second-order valence-electron chi connectivity index (χ2n) is 35.3. The predicted octanol–water partition coefficient (Wildman–Crippen LogP) is 31.3. The highest BCUT2D eigenvalue weighted by molar-refractivity contribution is 6.42. The van der Waals surface area contributed by atoms with Crippen LogP contribution in [0.15, 0.2) is 165 Å². The van der Waals surface area contributed by atoms with Gasteiger partial charge in [-0.3, -0.25) is 19.9 Å². The fourth-order valence-corrected chi connectivity index (χ4v) is 18.5. The van der Waals surface area contributed by atoms with Gasteiger partial charge in [-0.15, -0.1) is 0 Å². The van der Waals surface area contributed by atoms with E-state index >= 15 is 0 Å². The summed E-state index contributed by atoms with van der Waals surface area (Å²) in [6.07, 6.45) is 56.4. The minimum Gasteiger partial charge on any atom is -0.265 e. The fourth-order valence-electron chi connectivity index (χ4n) is 18.0. The predicted molar refractivity (Wildman–Crippen MR) is 464 cm³/mol. The normalized spacial score (nSPS) is 26.6. The van der Waals surface area contributed by atoms with Gasteiger partial charge in [0.05, 0.1) is 10.0 Å². The lowest BCUT2D eigenvalue weighted by Crippen LogP contribution is -2.44. The van der Waals surface area contributed by atoms with E-state index in [0.717, 1.165) is 110 Å². The maximum atomic E-state index is 5.68. The number of pyridine rings is 4. The van der Waals surface area contributed by atoms with Gasteiger partial charge in [-0.25, -0.2) is 0 Å². The number of hydrogen-bond acceptors (Lipinski definition) is 4. The number of rotatable bonds is 0. The quantitative estimate of drug-likeness (QED) is 0.142. The molecule has 2 atom stereocenters. The molecule has 0 amide bonds. The van der Waals surface area contributed by atoms with Gasteiger partial charge in [0.2, 0.25) is 0 Å². The standard InChI is InChI=1S/2C11H18.3C8H16.C7H6Cl2.C7H7Cl.C7H9N.C7H14.C7H8.3C6H7N/c1-11-5-8-2-9(6-11)4-10(3-8)7-11;1-7-10-3-8-2-9(5-10)6-11(7)4-8;1-7-3-5-8(2)6-4-7;1-7-5-3-4-6-8(7)2;1-8-6-4-2-3-5-7-8;1-5-2-3-6(8)7(9)4-5;1-6-2-4-7(8)5-3-6;1-6-3-4-7(2)8-5-6;2*1-7-5-3-2-4-6-7;1-6-2-4-7-5-3-6;1-6-3-2-4-7-5-6;1-6-4-2-3-5-7-6/h8-10H,2-7H2,1H3;7-11H,2-6H2,1H3;2*7-8H,3-6H2,1-2H3;8H,2-7H2,1H3;2-4H,1H3;2-5H,1H3;3-5H,1-2H3;7H,2-6H2,1H3;2-6H,1H3;3*2-5H,1H3. The zero-order chi connectivity index (χ0) is 77.1. The van der Waals surface area contributed by atoms with Crippen LogP contribution in [0.1, 0.15) is 293 Å². The molecule has 106 heavy (non-hydrogen) atoms. The number of halogens is 3. The first-order chi connectivity index (χ1) is 50.8. The van der Waals surface area contributed by atoms with E-state index in [9.17, 15) is 0 Å². The lowest BCUT2D eigenvalue weighted by molar-refractivity contribution is -0.0411. The van der Waals surface area contributed by atoms with Gasteiger partial charge in [0.15, 0.2) is 0 Å². The molecule has 12 saturated carbocycles. The van der Waals surface area contributed by atoms with Gasteiger partial charge in [-0.05, 0) is 297 Å². The number of nitrogens with zero attached hydrogens (tertiary/aromatic N) is 4. The van der Waals surface area contributed by atoms with Crippen LogP contribution in [0, 0.1) is 144 Å². The highest BCUT2D eigenvalue weighted by Gasteiger charge is 2.48. The van der Waals surface area contributed by atoms with Gasteiger partial charge in [-0.2, -0.15) is 0 Å². The van der Waals surface area contributed by atoms with Crippen molar-refractivity contribution in [1.29, 1.82) is 0 Å². The molecule has 586 valence electrons. The van der Waals surface area contributed by atoms with Crippen LogP contribution in [-0.4, -0.2) is 19.9 Å². The topological polar surface area (TPSA) is 51.6 Å². The first-order valence-electron chi connectivity index (χ1n) is 42.5. The first kappa shape index (κ1) is 91.7. The molecule has 12 aliphatic carbocycles. The number of aryl methyl sites for hydroxylation is 8. The zero-order valence-electron chi connectivity index (χ0n) is 69.8. The Bertz CT molecular complexity index is 2950. The van der Waals surface area contributed by atoms with E-state index in [4.69, 9.17) is 34.8 Å². The summed E-state index contributed by atoms with van der Waals surface area (Å²) in [4.78, 5) is 15.8. The minimum atomic E-state index is 0.613. The molecule has 12 fully saturated rings. The Hall–Kier alpha value is -4.87.